The van der Waals surface area contributed by atoms with Crippen molar-refractivity contribution in [2.45, 2.75) is 25.2 Å². The van der Waals surface area contributed by atoms with Crippen LogP contribution in [0.15, 0.2) is 12.1 Å². The van der Waals surface area contributed by atoms with Gasteiger partial charge in [-0.15, -0.1) is 0 Å². The minimum absolute atomic E-state index is 0.00917. The third kappa shape index (κ3) is 2.21. The predicted molar refractivity (Wildman–Crippen MR) is 55.8 cm³/mol. The molecule has 0 aliphatic carbocycles. The van der Waals surface area contributed by atoms with E-state index >= 15 is 0 Å². The molecule has 1 fully saturated rings. The van der Waals surface area contributed by atoms with E-state index in [0.717, 1.165) is 38.4 Å². The Morgan fingerprint density at radius 1 is 1.00 bits per heavy atom. The van der Waals surface area contributed by atoms with E-state index in [0.29, 0.717) is 5.56 Å². The maximum Gasteiger partial charge on any atom is 0.194 e. The van der Waals surface area contributed by atoms with Gasteiger partial charge in [0.1, 0.15) is 0 Å². The van der Waals surface area contributed by atoms with Crippen LogP contribution in [0.4, 0.5) is 13.2 Å². The Morgan fingerprint density at radius 2 is 1.81 bits per heavy atom. The molecule has 1 unspecified atom stereocenters. The van der Waals surface area contributed by atoms with Crippen molar-refractivity contribution in [2.75, 3.05) is 13.1 Å². The van der Waals surface area contributed by atoms with Crippen LogP contribution in [0, 0.1) is 17.5 Å². The Bertz CT molecular complexity index is 371. The van der Waals surface area contributed by atoms with Crippen molar-refractivity contribution in [1.29, 1.82) is 0 Å². The first-order chi connectivity index (χ1) is 7.70. The lowest BCUT2D eigenvalue weighted by Gasteiger charge is -2.15. The summed E-state index contributed by atoms with van der Waals surface area (Å²) in [6.07, 6.45) is 2.51. The second-order valence-corrected chi connectivity index (χ2v) is 4.14. The van der Waals surface area contributed by atoms with Gasteiger partial charge in [0.2, 0.25) is 0 Å². The Labute approximate surface area is 92.7 Å². The largest absolute Gasteiger partial charge is 0.317 e. The van der Waals surface area contributed by atoms with Crippen LogP contribution in [0.5, 0.6) is 0 Å². The standard InChI is InChI=1S/C12H14F3N/c13-10-4-3-9(11(14)12(10)15)8-2-1-6-16-7-5-8/h3-4,8,16H,1-2,5-7H2. The maximum absolute atomic E-state index is 13.5. The number of hydrogen-bond acceptors (Lipinski definition) is 1. The van der Waals surface area contributed by atoms with Gasteiger partial charge in [-0.1, -0.05) is 6.07 Å². The lowest BCUT2D eigenvalue weighted by molar-refractivity contribution is 0.431. The number of benzene rings is 1. The highest BCUT2D eigenvalue weighted by atomic mass is 19.2. The van der Waals surface area contributed by atoms with Gasteiger partial charge >= 0.3 is 0 Å². The minimum Gasteiger partial charge on any atom is -0.317 e. The molecule has 16 heavy (non-hydrogen) atoms. The zero-order valence-corrected chi connectivity index (χ0v) is 8.90. The third-order valence-electron chi connectivity index (χ3n) is 3.08. The molecule has 88 valence electrons. The molecule has 1 aliphatic rings. The van der Waals surface area contributed by atoms with Gasteiger partial charge in [-0.05, 0) is 49.9 Å². The summed E-state index contributed by atoms with van der Waals surface area (Å²) in [5, 5.41) is 3.20. The van der Waals surface area contributed by atoms with Crippen LogP contribution in [0.3, 0.4) is 0 Å². The summed E-state index contributed by atoms with van der Waals surface area (Å²) in [5.74, 6) is -3.50. The topological polar surface area (TPSA) is 12.0 Å². The Hall–Kier alpha value is -1.03. The van der Waals surface area contributed by atoms with Crippen LogP contribution in [0.1, 0.15) is 30.7 Å². The van der Waals surface area contributed by atoms with Crippen LogP contribution in [0.25, 0.3) is 0 Å². The molecule has 1 saturated heterocycles. The number of halogens is 3. The zero-order valence-electron chi connectivity index (χ0n) is 8.90. The molecule has 1 nitrogen and oxygen atoms in total. The van der Waals surface area contributed by atoms with Gasteiger partial charge in [-0.2, -0.15) is 0 Å². The van der Waals surface area contributed by atoms with Crippen molar-refractivity contribution >= 4 is 0 Å². The Kier molecular flexibility index (Phi) is 3.49. The van der Waals surface area contributed by atoms with Crippen molar-refractivity contribution < 1.29 is 13.2 Å². The zero-order chi connectivity index (χ0) is 11.5. The minimum atomic E-state index is -1.35. The van der Waals surface area contributed by atoms with E-state index in [2.05, 4.69) is 5.32 Å². The van der Waals surface area contributed by atoms with Gasteiger partial charge in [-0.3, -0.25) is 0 Å². The van der Waals surface area contributed by atoms with Gasteiger partial charge in [0.25, 0.3) is 0 Å². The van der Waals surface area contributed by atoms with Crippen molar-refractivity contribution in [1.82, 2.24) is 5.32 Å². The summed E-state index contributed by atoms with van der Waals surface area (Å²) in [4.78, 5) is 0. The summed E-state index contributed by atoms with van der Waals surface area (Å²) in [6.45, 7) is 1.70. The molecular weight excluding hydrogens is 215 g/mol. The molecule has 0 radical (unpaired) electrons. The summed E-state index contributed by atoms with van der Waals surface area (Å²) >= 11 is 0. The van der Waals surface area contributed by atoms with Crippen molar-refractivity contribution in [2.24, 2.45) is 0 Å². The smallest absolute Gasteiger partial charge is 0.194 e. The summed E-state index contributed by atoms with van der Waals surface area (Å²) in [6, 6.07) is 2.37. The molecule has 1 heterocycles. The van der Waals surface area contributed by atoms with E-state index in [1.54, 1.807) is 0 Å². The number of nitrogens with one attached hydrogen (secondary N) is 1. The van der Waals surface area contributed by atoms with Gasteiger partial charge in [-0.25, -0.2) is 13.2 Å². The molecule has 1 atom stereocenters. The summed E-state index contributed by atoms with van der Waals surface area (Å²) in [7, 11) is 0. The van der Waals surface area contributed by atoms with Gasteiger partial charge in [0, 0.05) is 0 Å². The van der Waals surface area contributed by atoms with Gasteiger partial charge in [0.15, 0.2) is 17.5 Å². The number of rotatable bonds is 1. The third-order valence-corrected chi connectivity index (χ3v) is 3.08. The first-order valence-corrected chi connectivity index (χ1v) is 5.54. The first kappa shape index (κ1) is 11.5. The molecule has 0 amide bonds. The van der Waals surface area contributed by atoms with E-state index in [1.807, 2.05) is 0 Å². The molecule has 0 saturated carbocycles. The second-order valence-electron chi connectivity index (χ2n) is 4.14. The molecule has 1 aromatic carbocycles. The molecule has 2 rings (SSSR count). The van der Waals surface area contributed by atoms with Crippen molar-refractivity contribution in [3.63, 3.8) is 0 Å². The first-order valence-electron chi connectivity index (χ1n) is 5.54. The van der Waals surface area contributed by atoms with Crippen LogP contribution in [-0.2, 0) is 0 Å². The van der Waals surface area contributed by atoms with Crippen LogP contribution >= 0.6 is 0 Å². The number of hydrogen-bond donors (Lipinski definition) is 1. The Balaban J connectivity index is 2.28. The molecule has 1 N–H and O–H groups in total. The fraction of sp³-hybridized carbons (Fsp3) is 0.500. The molecule has 1 aromatic rings. The van der Waals surface area contributed by atoms with Crippen LogP contribution < -0.4 is 5.32 Å². The van der Waals surface area contributed by atoms with Crippen LogP contribution in [-0.4, -0.2) is 13.1 Å². The van der Waals surface area contributed by atoms with E-state index in [-0.39, 0.29) is 5.92 Å². The fourth-order valence-corrected chi connectivity index (χ4v) is 2.19. The average Bonchev–Trinajstić information content (AvgIpc) is 2.55. The molecule has 0 spiro atoms. The average molecular weight is 229 g/mol. The predicted octanol–water partition coefficient (Wildman–Crippen LogP) is 2.96. The molecule has 4 heteroatoms. The quantitative estimate of drug-likeness (QED) is 0.730. The highest BCUT2D eigenvalue weighted by Crippen LogP contribution is 2.29. The van der Waals surface area contributed by atoms with Crippen molar-refractivity contribution in [3.8, 4) is 0 Å². The summed E-state index contributed by atoms with van der Waals surface area (Å²) in [5.41, 5.74) is 0.308. The maximum atomic E-state index is 13.5. The van der Waals surface area contributed by atoms with Gasteiger partial charge < -0.3 is 5.32 Å². The SMILES string of the molecule is Fc1ccc(C2CCCNCC2)c(F)c1F. The molecule has 0 aromatic heterocycles. The van der Waals surface area contributed by atoms with Crippen LogP contribution in [0.2, 0.25) is 0 Å². The van der Waals surface area contributed by atoms with Gasteiger partial charge in [0.05, 0.1) is 0 Å². The molecular formula is C12H14F3N. The highest BCUT2D eigenvalue weighted by Gasteiger charge is 2.21. The normalized spacial score (nSPS) is 21.8. The lowest BCUT2D eigenvalue weighted by atomic mass is 9.91. The molecule has 0 bridgehead atoms. The van der Waals surface area contributed by atoms with Crippen molar-refractivity contribution in [3.05, 3.63) is 35.1 Å². The second kappa shape index (κ2) is 4.87. The van der Waals surface area contributed by atoms with E-state index in [1.165, 1.54) is 6.07 Å². The van der Waals surface area contributed by atoms with E-state index in [9.17, 15) is 13.2 Å². The lowest BCUT2D eigenvalue weighted by Crippen LogP contribution is -2.14. The Morgan fingerprint density at radius 3 is 2.62 bits per heavy atom. The fourth-order valence-electron chi connectivity index (χ4n) is 2.19. The van der Waals surface area contributed by atoms with E-state index < -0.39 is 17.5 Å². The highest BCUT2D eigenvalue weighted by molar-refractivity contribution is 5.24. The molecule has 1 aliphatic heterocycles. The van der Waals surface area contributed by atoms with E-state index in [4.69, 9.17) is 0 Å². The summed E-state index contributed by atoms with van der Waals surface area (Å²) < 4.78 is 39.4. The monoisotopic (exact) mass is 229 g/mol.